The molecule has 0 aromatic carbocycles. The fraction of sp³-hybridized carbons (Fsp3) is 0.677. The zero-order valence-corrected chi connectivity index (χ0v) is 26.5. The number of sulfone groups is 1. The summed E-state index contributed by atoms with van der Waals surface area (Å²) in [4.78, 5) is 25.9. The molecule has 0 aromatic rings. The van der Waals surface area contributed by atoms with E-state index in [2.05, 4.69) is 11.2 Å². The van der Waals surface area contributed by atoms with Crippen molar-refractivity contribution in [2.45, 2.75) is 76.0 Å². The number of aliphatic hydroxyl groups is 2. The van der Waals surface area contributed by atoms with Gasteiger partial charge in [0.15, 0.2) is 21.4 Å². The third-order valence-corrected chi connectivity index (χ3v) is 14.9. The number of carbonyl (C=O) groups is 2. The minimum atomic E-state index is -3.42. The van der Waals surface area contributed by atoms with Crippen LogP contribution in [0.4, 0.5) is 8.78 Å². The molecule has 5 aliphatic rings. The van der Waals surface area contributed by atoms with E-state index < -0.39 is 56.3 Å². The third-order valence-electron chi connectivity index (χ3n) is 11.5. The van der Waals surface area contributed by atoms with Gasteiger partial charge >= 0.3 is 0 Å². The first-order valence-corrected chi connectivity index (χ1v) is 17.5. The molecule has 4 fully saturated rings. The van der Waals surface area contributed by atoms with Gasteiger partial charge in [-0.3, -0.25) is 14.3 Å². The molecule has 1 aliphatic heterocycles. The summed E-state index contributed by atoms with van der Waals surface area (Å²) in [5.74, 6) is -1.98. The number of ketones is 2. The van der Waals surface area contributed by atoms with Crippen molar-refractivity contribution in [3.8, 4) is 0 Å². The Balaban J connectivity index is 1.49. The van der Waals surface area contributed by atoms with Crippen molar-refractivity contribution in [3.05, 3.63) is 46.9 Å². The highest BCUT2D eigenvalue weighted by molar-refractivity contribution is 7.94. The number of allylic oxidation sites excluding steroid dienone is 3. The van der Waals surface area contributed by atoms with Crippen LogP contribution in [0, 0.1) is 28.6 Å². The molecule has 42 heavy (non-hydrogen) atoms. The Morgan fingerprint density at radius 2 is 1.95 bits per heavy atom. The number of hydrogen-bond acceptors (Lipinski definition) is 7. The number of carbonyl (C=O) groups excluding carboxylic acids is 2. The molecular formula is C31H42F2NO6PS. The first-order valence-electron chi connectivity index (χ1n) is 14.6. The number of fused-ring (bicyclic) bond motifs is 7. The maximum absolute atomic E-state index is 17.6. The van der Waals surface area contributed by atoms with Crippen LogP contribution < -0.4 is 0 Å². The Labute approximate surface area is 248 Å². The minimum Gasteiger partial charge on any atom is -0.390 e. The molecule has 1 unspecified atom stereocenters. The Hall–Kier alpha value is -1.58. The van der Waals surface area contributed by atoms with Gasteiger partial charge in [-0.15, -0.1) is 0 Å². The lowest BCUT2D eigenvalue weighted by atomic mass is 9.44. The number of rotatable bonds is 7. The minimum absolute atomic E-state index is 0.00603. The fourth-order valence-electron chi connectivity index (χ4n) is 9.36. The lowest BCUT2D eigenvalue weighted by molar-refractivity contribution is -0.213. The summed E-state index contributed by atoms with van der Waals surface area (Å²) >= 11 is 0. The van der Waals surface area contributed by atoms with Crippen LogP contribution in [-0.2, 0) is 19.4 Å². The van der Waals surface area contributed by atoms with E-state index >= 15 is 8.78 Å². The maximum atomic E-state index is 17.6. The molecule has 1 heterocycles. The molecule has 7 nitrogen and oxygen atoms in total. The van der Waals surface area contributed by atoms with E-state index in [4.69, 9.17) is 0 Å². The summed E-state index contributed by atoms with van der Waals surface area (Å²) in [5, 5.41) is 20.9. The normalized spacial score (nSPS) is 44.5. The van der Waals surface area contributed by atoms with Crippen molar-refractivity contribution in [2.75, 3.05) is 26.0 Å². The van der Waals surface area contributed by atoms with Crippen LogP contribution in [0.3, 0.4) is 0 Å². The molecule has 11 heteroatoms. The quantitative estimate of drug-likeness (QED) is 0.325. The summed E-state index contributed by atoms with van der Waals surface area (Å²) in [6, 6.07) is 0. The first kappa shape index (κ1) is 31.8. The molecule has 2 N–H and O–H groups in total. The molecule has 0 spiro atoms. The van der Waals surface area contributed by atoms with E-state index in [-0.39, 0.29) is 68.3 Å². The Morgan fingerprint density at radius 1 is 1.26 bits per heavy atom. The highest BCUT2D eigenvalue weighted by Crippen LogP contribution is 2.76. The molecule has 0 amide bonds. The van der Waals surface area contributed by atoms with Gasteiger partial charge in [0.2, 0.25) is 0 Å². The van der Waals surface area contributed by atoms with E-state index in [0.717, 1.165) is 11.8 Å². The molecule has 1 saturated heterocycles. The van der Waals surface area contributed by atoms with Gasteiger partial charge in [0.05, 0.1) is 16.2 Å². The molecular weight excluding hydrogens is 583 g/mol. The van der Waals surface area contributed by atoms with Gasteiger partial charge in [-0.1, -0.05) is 32.6 Å². The first-order chi connectivity index (χ1) is 19.5. The molecule has 0 bridgehead atoms. The van der Waals surface area contributed by atoms with Crippen LogP contribution >= 0.6 is 8.73 Å². The van der Waals surface area contributed by atoms with Crippen molar-refractivity contribution in [1.82, 2.24) is 4.67 Å². The van der Waals surface area contributed by atoms with Gasteiger partial charge in [-0.25, -0.2) is 17.2 Å². The number of alkyl halides is 2. The lowest BCUT2D eigenvalue weighted by Gasteiger charge is -2.64. The molecule has 0 aromatic heterocycles. The highest BCUT2D eigenvalue weighted by Gasteiger charge is 2.78. The van der Waals surface area contributed by atoms with Crippen molar-refractivity contribution < 1.29 is 37.0 Å². The second-order valence-corrected chi connectivity index (χ2v) is 17.2. The van der Waals surface area contributed by atoms with Gasteiger partial charge in [0, 0.05) is 37.1 Å². The molecule has 232 valence electrons. The van der Waals surface area contributed by atoms with Crippen LogP contribution in [0.15, 0.2) is 46.9 Å². The van der Waals surface area contributed by atoms with E-state index in [1.807, 2.05) is 19.9 Å². The number of aliphatic hydroxyl groups excluding tert-OH is 2. The van der Waals surface area contributed by atoms with E-state index in [1.54, 1.807) is 13.0 Å². The summed E-state index contributed by atoms with van der Waals surface area (Å²) in [5.41, 5.74) is -3.34. The molecule has 5 rings (SSSR count). The van der Waals surface area contributed by atoms with Crippen LogP contribution in [-0.4, -0.2) is 83.9 Å². The van der Waals surface area contributed by atoms with E-state index in [0.29, 0.717) is 19.5 Å². The van der Waals surface area contributed by atoms with Gasteiger partial charge < -0.3 is 10.2 Å². The smallest absolute Gasteiger partial charge is 0.174 e. The Morgan fingerprint density at radius 3 is 2.57 bits per heavy atom. The second-order valence-electron chi connectivity index (χ2n) is 13.5. The number of Topliss-reactive ketones (excluding diaryl/α,β-unsaturated/α-hetero) is 1. The second kappa shape index (κ2) is 10.5. The van der Waals surface area contributed by atoms with Crippen LogP contribution in [0.2, 0.25) is 0 Å². The van der Waals surface area contributed by atoms with E-state index in [9.17, 15) is 28.2 Å². The largest absolute Gasteiger partial charge is 0.390 e. The summed E-state index contributed by atoms with van der Waals surface area (Å²) < 4.78 is 59.1. The van der Waals surface area contributed by atoms with Crippen LogP contribution in [0.25, 0.3) is 0 Å². The Kier molecular flexibility index (Phi) is 7.96. The summed E-state index contributed by atoms with van der Waals surface area (Å²) in [6.07, 6.45) is 4.95. The van der Waals surface area contributed by atoms with Crippen LogP contribution in [0.1, 0.15) is 52.9 Å². The lowest BCUT2D eigenvalue weighted by Crippen LogP contribution is -2.70. The zero-order valence-electron chi connectivity index (χ0n) is 24.7. The van der Waals surface area contributed by atoms with Crippen molar-refractivity contribution in [1.29, 1.82) is 0 Å². The predicted octanol–water partition coefficient (Wildman–Crippen LogP) is 4.03. The predicted molar refractivity (Wildman–Crippen MR) is 159 cm³/mol. The summed E-state index contributed by atoms with van der Waals surface area (Å²) in [6.45, 7) is 9.28. The van der Waals surface area contributed by atoms with E-state index in [1.165, 1.54) is 12.2 Å². The number of halogens is 2. The summed E-state index contributed by atoms with van der Waals surface area (Å²) in [7, 11) is -3.48. The van der Waals surface area contributed by atoms with Gasteiger partial charge in [0.25, 0.3) is 0 Å². The third kappa shape index (κ3) is 4.33. The average Bonchev–Trinajstić information content (AvgIpc) is 3.40. The van der Waals surface area contributed by atoms with Gasteiger partial charge in [-0.05, 0) is 81.9 Å². The van der Waals surface area contributed by atoms with Crippen molar-refractivity contribution >= 4 is 30.1 Å². The molecule has 4 aliphatic carbocycles. The van der Waals surface area contributed by atoms with Crippen molar-refractivity contribution in [2.24, 2.45) is 28.6 Å². The zero-order chi connectivity index (χ0) is 31.0. The fourth-order valence-corrected chi connectivity index (χ4v) is 11.9. The average molecular weight is 626 g/mol. The van der Waals surface area contributed by atoms with Crippen molar-refractivity contribution in [3.63, 3.8) is 0 Å². The number of nitrogens with zero attached hydrogens (tertiary/aromatic N) is 1. The monoisotopic (exact) mass is 625 g/mol. The standard InChI is InChI=1S/C31H42F2NO6PS/c1-6-19(8-7-18(2)42(5,39)40)15-34-16-20-11-22-23-13-25(32)24-12-21(36)9-10-28(24,3)30(23,33)26(37)14-29(22,4)31(20,41-34)27(38)17-35/h6-8,12,20,22-23,25-26,35,37,41H,2,9-11,13-17H2,1,3-5H3/b8-7-,19-6+/t20-,22-,23-,25-,26-,28-,29-,30-,31-/m0/s1. The number of hydrogen-bond donors (Lipinski definition) is 2. The van der Waals surface area contributed by atoms with Gasteiger partial charge in [0.1, 0.15) is 18.4 Å². The SMILES string of the molecule is C=C(/C=C\C(=C/C)CN1C[C@@H]2C[C@H]3[C@@H]4C[C@H](F)C5=CC(=O)CC[C@]5(C)[C@@]4(F)[C@@H](O)C[C@]3(C)[C@]2(C(=O)CO)P1)S(C)(=O)=O. The molecule has 10 atom stereocenters. The highest BCUT2D eigenvalue weighted by atomic mass is 32.2. The molecule has 0 radical (unpaired) electrons. The molecule has 3 saturated carbocycles. The maximum Gasteiger partial charge on any atom is 0.174 e. The van der Waals surface area contributed by atoms with Crippen LogP contribution in [0.5, 0.6) is 0 Å². The topological polar surface area (TPSA) is 112 Å². The van der Waals surface area contributed by atoms with Gasteiger partial charge in [-0.2, -0.15) is 0 Å². The Bertz CT molecular complexity index is 1410.